The van der Waals surface area contributed by atoms with E-state index in [0.29, 0.717) is 18.5 Å². The Balaban J connectivity index is 1.50. The highest BCUT2D eigenvalue weighted by Gasteiger charge is 2.27. The molecule has 2 aromatic rings. The van der Waals surface area contributed by atoms with E-state index < -0.39 is 0 Å². The fourth-order valence-electron chi connectivity index (χ4n) is 2.46. The number of nitrogens with one attached hydrogen (secondary N) is 2. The molecule has 114 valence electrons. The minimum Gasteiger partial charge on any atom is -0.366 e. The van der Waals surface area contributed by atoms with E-state index in [9.17, 15) is 0 Å². The maximum Gasteiger partial charge on any atom is 0.225 e. The molecule has 2 aliphatic rings. The molecule has 2 N–H and O–H groups in total. The fourth-order valence-corrected chi connectivity index (χ4v) is 2.67. The maximum atomic E-state index is 6.03. The monoisotopic (exact) mass is 314 g/mol. The fraction of sp³-hybridized carbons (Fsp3) is 0.412. The van der Waals surface area contributed by atoms with E-state index in [4.69, 9.17) is 11.6 Å². The maximum absolute atomic E-state index is 6.03. The number of benzene rings is 1. The van der Waals surface area contributed by atoms with Crippen LogP contribution >= 0.6 is 11.6 Å². The molecule has 4 nitrogen and oxygen atoms in total. The zero-order valence-corrected chi connectivity index (χ0v) is 13.1. The molecule has 22 heavy (non-hydrogen) atoms. The van der Waals surface area contributed by atoms with Crippen LogP contribution in [0.15, 0.2) is 30.3 Å². The molecule has 2 aliphatic carbocycles. The molecule has 0 unspecified atom stereocenters. The van der Waals surface area contributed by atoms with Crippen LogP contribution in [0.25, 0.3) is 0 Å². The zero-order valence-electron chi connectivity index (χ0n) is 12.3. The van der Waals surface area contributed by atoms with E-state index in [0.717, 1.165) is 28.0 Å². The second-order valence-corrected chi connectivity index (χ2v) is 6.61. The Bertz CT molecular complexity index is 680. The first-order valence-electron chi connectivity index (χ1n) is 7.90. The lowest BCUT2D eigenvalue weighted by Gasteiger charge is -2.11. The Morgan fingerprint density at radius 3 is 2.68 bits per heavy atom. The van der Waals surface area contributed by atoms with Crippen molar-refractivity contribution in [1.29, 1.82) is 0 Å². The van der Waals surface area contributed by atoms with Crippen molar-refractivity contribution in [2.24, 2.45) is 0 Å². The van der Waals surface area contributed by atoms with Gasteiger partial charge in [0.2, 0.25) is 5.95 Å². The molecule has 0 atom stereocenters. The van der Waals surface area contributed by atoms with E-state index in [1.165, 1.54) is 25.7 Å². The predicted octanol–water partition coefficient (Wildman–Crippen LogP) is 4.19. The van der Waals surface area contributed by atoms with Crippen molar-refractivity contribution in [3.8, 4) is 0 Å². The van der Waals surface area contributed by atoms with Gasteiger partial charge in [-0.05, 0) is 43.4 Å². The van der Waals surface area contributed by atoms with Crippen LogP contribution in [0.3, 0.4) is 0 Å². The van der Waals surface area contributed by atoms with Gasteiger partial charge >= 0.3 is 0 Å². The van der Waals surface area contributed by atoms with Gasteiger partial charge in [0, 0.05) is 29.6 Å². The van der Waals surface area contributed by atoms with Crippen LogP contribution in [0.4, 0.5) is 11.8 Å². The minimum atomic E-state index is 0.565. The Labute approximate surface area is 135 Å². The van der Waals surface area contributed by atoms with Crippen molar-refractivity contribution < 1.29 is 0 Å². The van der Waals surface area contributed by atoms with Gasteiger partial charge in [-0.3, -0.25) is 0 Å². The summed E-state index contributed by atoms with van der Waals surface area (Å²) < 4.78 is 0. The molecular formula is C17H19ClN4. The highest BCUT2D eigenvalue weighted by molar-refractivity contribution is 6.30. The average Bonchev–Trinajstić information content (AvgIpc) is 3.37. The van der Waals surface area contributed by atoms with Crippen LogP contribution in [-0.2, 0) is 6.54 Å². The van der Waals surface area contributed by atoms with Crippen LogP contribution in [0.5, 0.6) is 0 Å². The summed E-state index contributed by atoms with van der Waals surface area (Å²) in [5.41, 5.74) is 2.31. The van der Waals surface area contributed by atoms with E-state index in [2.05, 4.69) is 32.7 Å². The number of hydrogen-bond acceptors (Lipinski definition) is 4. The second-order valence-electron chi connectivity index (χ2n) is 6.18. The van der Waals surface area contributed by atoms with Crippen molar-refractivity contribution >= 4 is 23.4 Å². The summed E-state index contributed by atoms with van der Waals surface area (Å²) in [7, 11) is 0. The van der Waals surface area contributed by atoms with Crippen molar-refractivity contribution in [3.05, 3.63) is 46.6 Å². The van der Waals surface area contributed by atoms with Crippen LogP contribution in [0.1, 0.15) is 42.9 Å². The lowest BCUT2D eigenvalue weighted by Crippen LogP contribution is -2.10. The first-order chi connectivity index (χ1) is 10.8. The van der Waals surface area contributed by atoms with Gasteiger partial charge in [0.15, 0.2) is 0 Å². The van der Waals surface area contributed by atoms with Gasteiger partial charge in [-0.1, -0.05) is 23.7 Å². The number of hydrogen-bond donors (Lipinski definition) is 2. The van der Waals surface area contributed by atoms with E-state index >= 15 is 0 Å². The predicted molar refractivity (Wildman–Crippen MR) is 89.4 cm³/mol. The summed E-state index contributed by atoms with van der Waals surface area (Å²) in [6.07, 6.45) is 4.94. The highest BCUT2D eigenvalue weighted by atomic mass is 35.5. The molecule has 1 aromatic heterocycles. The number of nitrogens with zero attached hydrogens (tertiary/aromatic N) is 2. The molecule has 4 rings (SSSR count). The van der Waals surface area contributed by atoms with Gasteiger partial charge < -0.3 is 10.6 Å². The van der Waals surface area contributed by atoms with E-state index in [-0.39, 0.29) is 0 Å². The summed E-state index contributed by atoms with van der Waals surface area (Å²) in [6.45, 7) is 0.713. The van der Waals surface area contributed by atoms with Crippen LogP contribution in [0.2, 0.25) is 5.02 Å². The number of rotatable bonds is 6. The summed E-state index contributed by atoms with van der Waals surface area (Å²) in [5, 5.41) is 7.56. The standard InChI is InChI=1S/C17H19ClN4/c18-13-3-1-2-11(8-13)10-19-16-9-15(12-4-5-12)21-17(22-16)20-14-6-7-14/h1-3,8-9,12,14H,4-7,10H2,(H2,19,20,21,22). The first kappa shape index (κ1) is 13.8. The largest absolute Gasteiger partial charge is 0.366 e. The zero-order chi connectivity index (χ0) is 14.9. The van der Waals surface area contributed by atoms with Gasteiger partial charge in [-0.2, -0.15) is 4.98 Å². The molecule has 0 bridgehead atoms. The molecule has 0 saturated heterocycles. The van der Waals surface area contributed by atoms with Gasteiger partial charge in [-0.15, -0.1) is 0 Å². The Morgan fingerprint density at radius 1 is 1.09 bits per heavy atom. The highest BCUT2D eigenvalue weighted by Crippen LogP contribution is 2.40. The molecule has 0 radical (unpaired) electrons. The number of halogens is 1. The van der Waals surface area contributed by atoms with E-state index in [1.807, 2.05) is 18.2 Å². The topological polar surface area (TPSA) is 49.8 Å². The van der Waals surface area contributed by atoms with Crippen LogP contribution < -0.4 is 10.6 Å². The summed E-state index contributed by atoms with van der Waals surface area (Å²) in [5.74, 6) is 2.27. The second kappa shape index (κ2) is 5.76. The molecule has 5 heteroatoms. The molecule has 1 heterocycles. The van der Waals surface area contributed by atoms with E-state index in [1.54, 1.807) is 0 Å². The lowest BCUT2D eigenvalue weighted by molar-refractivity contribution is 0.958. The average molecular weight is 315 g/mol. The number of anilines is 2. The van der Waals surface area contributed by atoms with Crippen LogP contribution in [-0.4, -0.2) is 16.0 Å². The first-order valence-corrected chi connectivity index (χ1v) is 8.28. The van der Waals surface area contributed by atoms with Crippen molar-refractivity contribution in [3.63, 3.8) is 0 Å². The molecule has 2 saturated carbocycles. The summed E-state index contributed by atoms with van der Waals surface area (Å²) >= 11 is 6.03. The minimum absolute atomic E-state index is 0.565. The van der Waals surface area contributed by atoms with Gasteiger partial charge in [0.05, 0.1) is 5.69 Å². The van der Waals surface area contributed by atoms with Gasteiger partial charge in [0.25, 0.3) is 0 Å². The molecule has 0 amide bonds. The Hall–Kier alpha value is -1.81. The number of aromatic nitrogens is 2. The summed E-state index contributed by atoms with van der Waals surface area (Å²) in [4.78, 5) is 9.26. The quantitative estimate of drug-likeness (QED) is 0.839. The SMILES string of the molecule is Clc1cccc(CNc2cc(C3CC3)nc(NC3CC3)n2)c1. The molecular weight excluding hydrogens is 296 g/mol. The Kier molecular flexibility index (Phi) is 3.62. The van der Waals surface area contributed by atoms with Crippen molar-refractivity contribution in [2.45, 2.75) is 44.2 Å². The lowest BCUT2D eigenvalue weighted by atomic mass is 10.2. The van der Waals surface area contributed by atoms with Gasteiger partial charge in [0.1, 0.15) is 5.82 Å². The molecule has 0 aliphatic heterocycles. The van der Waals surface area contributed by atoms with Gasteiger partial charge in [-0.25, -0.2) is 4.98 Å². The Morgan fingerprint density at radius 2 is 1.95 bits per heavy atom. The summed E-state index contributed by atoms with van der Waals surface area (Å²) in [6, 6.07) is 10.5. The smallest absolute Gasteiger partial charge is 0.225 e. The van der Waals surface area contributed by atoms with Crippen LogP contribution in [0, 0.1) is 0 Å². The molecule has 2 fully saturated rings. The third-order valence-corrected chi connectivity index (χ3v) is 4.25. The van der Waals surface area contributed by atoms with Crippen molar-refractivity contribution in [1.82, 2.24) is 9.97 Å². The van der Waals surface area contributed by atoms with Crippen molar-refractivity contribution in [2.75, 3.05) is 10.6 Å². The molecule has 0 spiro atoms. The third-order valence-electron chi connectivity index (χ3n) is 4.01. The normalized spacial score (nSPS) is 17.3. The molecule has 1 aromatic carbocycles. The third kappa shape index (κ3) is 3.50.